The van der Waals surface area contributed by atoms with Crippen LogP contribution in [0.4, 0.5) is 4.39 Å². The molecule has 1 N–H and O–H groups in total. The highest BCUT2D eigenvalue weighted by molar-refractivity contribution is 5.65. The zero-order valence-electron chi connectivity index (χ0n) is 17.2. The van der Waals surface area contributed by atoms with E-state index in [1.54, 1.807) is 23.7 Å². The molecule has 0 radical (unpaired) electrons. The lowest BCUT2D eigenvalue weighted by molar-refractivity contribution is 0.122. The summed E-state index contributed by atoms with van der Waals surface area (Å²) in [6.45, 7) is 5.86. The Labute approximate surface area is 171 Å². The summed E-state index contributed by atoms with van der Waals surface area (Å²) in [5.74, 6) is 0.642. The van der Waals surface area contributed by atoms with Gasteiger partial charge in [-0.05, 0) is 32.0 Å². The fraction of sp³-hybridized carbons (Fsp3) is 0.348. The highest BCUT2D eigenvalue weighted by Crippen LogP contribution is 2.34. The number of halogens is 1. The van der Waals surface area contributed by atoms with E-state index in [4.69, 9.17) is 9.84 Å². The highest BCUT2D eigenvalue weighted by Gasteiger charge is 2.22. The molecule has 1 atom stereocenters. The van der Waals surface area contributed by atoms with Gasteiger partial charge in [-0.3, -0.25) is 4.90 Å². The van der Waals surface area contributed by atoms with Crippen LogP contribution in [-0.4, -0.2) is 39.0 Å². The number of rotatable bonds is 9. The Balaban J connectivity index is 2.03. The van der Waals surface area contributed by atoms with Crippen LogP contribution in [0.2, 0.25) is 0 Å². The number of aliphatic hydroxyl groups excluding tert-OH is 1. The Morgan fingerprint density at radius 1 is 1.17 bits per heavy atom. The van der Waals surface area contributed by atoms with Crippen LogP contribution in [0.3, 0.4) is 0 Å². The van der Waals surface area contributed by atoms with Gasteiger partial charge in [-0.1, -0.05) is 43.3 Å². The van der Waals surface area contributed by atoms with E-state index in [-0.39, 0.29) is 5.82 Å². The minimum Gasteiger partial charge on any atom is -0.439 e. The summed E-state index contributed by atoms with van der Waals surface area (Å²) < 4.78 is 21.4. The molecule has 0 aliphatic heterocycles. The van der Waals surface area contributed by atoms with E-state index in [2.05, 4.69) is 11.8 Å². The number of ether oxygens (including phenoxy) is 1. The standard InChI is InChI=1S/C23H28FN3O2/c1-4-13-27(15-17(2)28)16-21-22(18-9-6-5-7-10-18)25-26(3)23(21)29-20-12-8-11-19(24)14-20/h5-12,14,17,28H,4,13,15-16H2,1-3H3/t17-/m1/s1. The van der Waals surface area contributed by atoms with Gasteiger partial charge in [-0.15, -0.1) is 0 Å². The summed E-state index contributed by atoms with van der Waals surface area (Å²) in [6.07, 6.45) is 0.527. The van der Waals surface area contributed by atoms with Gasteiger partial charge in [0.05, 0.1) is 11.7 Å². The van der Waals surface area contributed by atoms with Crippen molar-refractivity contribution in [2.75, 3.05) is 13.1 Å². The van der Waals surface area contributed by atoms with E-state index in [1.165, 1.54) is 12.1 Å². The second-order valence-electron chi connectivity index (χ2n) is 7.27. The zero-order valence-corrected chi connectivity index (χ0v) is 17.2. The maximum Gasteiger partial charge on any atom is 0.222 e. The van der Waals surface area contributed by atoms with Gasteiger partial charge < -0.3 is 9.84 Å². The lowest BCUT2D eigenvalue weighted by Crippen LogP contribution is -2.31. The molecule has 29 heavy (non-hydrogen) atoms. The zero-order chi connectivity index (χ0) is 20.8. The Bertz CT molecular complexity index is 925. The van der Waals surface area contributed by atoms with Gasteiger partial charge in [0.15, 0.2) is 0 Å². The fourth-order valence-corrected chi connectivity index (χ4v) is 3.44. The quantitative estimate of drug-likeness (QED) is 0.573. The molecular formula is C23H28FN3O2. The monoisotopic (exact) mass is 397 g/mol. The third-order valence-electron chi connectivity index (χ3n) is 4.59. The van der Waals surface area contributed by atoms with Gasteiger partial charge in [0.1, 0.15) is 17.3 Å². The second kappa shape index (κ2) is 9.67. The molecule has 0 saturated heterocycles. The van der Waals surface area contributed by atoms with Gasteiger partial charge in [-0.25, -0.2) is 9.07 Å². The molecule has 1 aromatic heterocycles. The van der Waals surface area contributed by atoms with E-state index >= 15 is 0 Å². The van der Waals surface area contributed by atoms with Crippen LogP contribution >= 0.6 is 0 Å². The van der Waals surface area contributed by atoms with Crippen LogP contribution in [0.1, 0.15) is 25.8 Å². The van der Waals surface area contributed by atoms with Crippen molar-refractivity contribution in [3.63, 3.8) is 0 Å². The molecule has 0 spiro atoms. The molecule has 0 bridgehead atoms. The molecule has 2 aromatic carbocycles. The van der Waals surface area contributed by atoms with Crippen molar-refractivity contribution in [3.8, 4) is 22.9 Å². The number of aliphatic hydroxyl groups is 1. The molecule has 3 aromatic rings. The van der Waals surface area contributed by atoms with Crippen molar-refractivity contribution in [1.82, 2.24) is 14.7 Å². The number of hydrogen-bond donors (Lipinski definition) is 1. The lowest BCUT2D eigenvalue weighted by Gasteiger charge is -2.23. The third-order valence-corrected chi connectivity index (χ3v) is 4.59. The first-order valence-electron chi connectivity index (χ1n) is 9.93. The normalized spacial score (nSPS) is 12.3. The first kappa shape index (κ1) is 21.0. The molecular weight excluding hydrogens is 369 g/mol. The first-order chi connectivity index (χ1) is 14.0. The maximum absolute atomic E-state index is 13.7. The van der Waals surface area contributed by atoms with Crippen molar-refractivity contribution < 1.29 is 14.2 Å². The number of hydrogen-bond acceptors (Lipinski definition) is 4. The van der Waals surface area contributed by atoms with Crippen molar-refractivity contribution in [1.29, 1.82) is 0 Å². The van der Waals surface area contributed by atoms with E-state index in [0.29, 0.717) is 24.7 Å². The smallest absolute Gasteiger partial charge is 0.222 e. The molecule has 3 rings (SSSR count). The number of nitrogens with zero attached hydrogens (tertiary/aromatic N) is 3. The van der Waals surface area contributed by atoms with Gasteiger partial charge in [0, 0.05) is 31.8 Å². The molecule has 5 nitrogen and oxygen atoms in total. The van der Waals surface area contributed by atoms with Crippen LogP contribution in [0.15, 0.2) is 54.6 Å². The SMILES string of the molecule is CCCN(Cc1c(-c2ccccc2)nn(C)c1Oc1cccc(F)c1)C[C@@H](C)O. The van der Waals surface area contributed by atoms with Gasteiger partial charge in [0.2, 0.25) is 5.88 Å². The van der Waals surface area contributed by atoms with E-state index in [1.807, 2.05) is 37.4 Å². The van der Waals surface area contributed by atoms with Crippen LogP contribution in [0.5, 0.6) is 11.6 Å². The summed E-state index contributed by atoms with van der Waals surface area (Å²) in [4.78, 5) is 2.19. The minimum absolute atomic E-state index is 0.351. The van der Waals surface area contributed by atoms with E-state index in [9.17, 15) is 9.50 Å². The van der Waals surface area contributed by atoms with E-state index < -0.39 is 6.10 Å². The van der Waals surface area contributed by atoms with Crippen LogP contribution in [-0.2, 0) is 13.6 Å². The summed E-state index contributed by atoms with van der Waals surface area (Å²) >= 11 is 0. The number of benzene rings is 2. The topological polar surface area (TPSA) is 50.5 Å². The number of aromatic nitrogens is 2. The molecule has 154 valence electrons. The summed E-state index contributed by atoms with van der Waals surface area (Å²) in [5, 5.41) is 14.6. The highest BCUT2D eigenvalue weighted by atomic mass is 19.1. The summed E-state index contributed by atoms with van der Waals surface area (Å²) in [7, 11) is 1.82. The molecule has 0 aliphatic carbocycles. The molecule has 0 amide bonds. The molecule has 0 aliphatic rings. The summed E-state index contributed by atoms with van der Waals surface area (Å²) in [6, 6.07) is 16.0. The van der Waals surface area contributed by atoms with Crippen LogP contribution in [0.25, 0.3) is 11.3 Å². The Morgan fingerprint density at radius 3 is 2.59 bits per heavy atom. The predicted octanol–water partition coefficient (Wildman–Crippen LogP) is 4.61. The van der Waals surface area contributed by atoms with Crippen molar-refractivity contribution in [2.45, 2.75) is 32.9 Å². The van der Waals surface area contributed by atoms with Crippen LogP contribution in [0, 0.1) is 5.82 Å². The number of aryl methyl sites for hydroxylation is 1. The van der Waals surface area contributed by atoms with Crippen molar-refractivity contribution in [3.05, 3.63) is 66.0 Å². The van der Waals surface area contributed by atoms with Crippen LogP contribution < -0.4 is 4.74 Å². The van der Waals surface area contributed by atoms with Crippen molar-refractivity contribution in [2.24, 2.45) is 7.05 Å². The lowest BCUT2D eigenvalue weighted by atomic mass is 10.1. The van der Waals surface area contributed by atoms with E-state index in [0.717, 1.165) is 29.8 Å². The molecule has 0 saturated carbocycles. The molecule has 1 heterocycles. The van der Waals surface area contributed by atoms with Gasteiger partial charge >= 0.3 is 0 Å². The molecule has 0 fully saturated rings. The predicted molar refractivity (Wildman–Crippen MR) is 112 cm³/mol. The summed E-state index contributed by atoms with van der Waals surface area (Å²) in [5.41, 5.74) is 2.73. The fourth-order valence-electron chi connectivity index (χ4n) is 3.44. The van der Waals surface area contributed by atoms with Crippen molar-refractivity contribution >= 4 is 0 Å². The average molecular weight is 397 g/mol. The second-order valence-corrected chi connectivity index (χ2v) is 7.27. The Kier molecular flexibility index (Phi) is 7.01. The molecule has 6 heteroatoms. The first-order valence-corrected chi connectivity index (χ1v) is 9.93. The Hall–Kier alpha value is -2.70. The van der Waals surface area contributed by atoms with Gasteiger partial charge in [-0.2, -0.15) is 5.10 Å². The largest absolute Gasteiger partial charge is 0.439 e. The third kappa shape index (κ3) is 5.43. The maximum atomic E-state index is 13.7. The van der Waals surface area contributed by atoms with Gasteiger partial charge in [0.25, 0.3) is 0 Å². The minimum atomic E-state index is -0.439. The molecule has 0 unspecified atom stereocenters. The Morgan fingerprint density at radius 2 is 1.93 bits per heavy atom. The average Bonchev–Trinajstić information content (AvgIpc) is 2.98.